The van der Waals surface area contributed by atoms with Gasteiger partial charge in [0.05, 0.1) is 12.7 Å². The number of carbonyl (C=O) groups is 3. The summed E-state index contributed by atoms with van der Waals surface area (Å²) in [7, 11) is -8.93. The molecule has 1 aliphatic rings. The Morgan fingerprint density at radius 1 is 1.04 bits per heavy atom. The lowest BCUT2D eigenvalue weighted by molar-refractivity contribution is -0.149. The van der Waals surface area contributed by atoms with Crippen LogP contribution in [0.4, 0.5) is 19.4 Å². The fourth-order valence-corrected chi connectivity index (χ4v) is 9.06. The first-order chi connectivity index (χ1) is 26.0. The first kappa shape index (κ1) is 47.8. The Bertz CT molecular complexity index is 1840. The maximum Gasteiger partial charge on any atom is 0.413 e. The minimum Gasteiger partial charge on any atom is -0.480 e. The van der Waals surface area contributed by atoms with Crippen LogP contribution in [0.1, 0.15) is 53.3 Å². The quantitative estimate of drug-likeness (QED) is 0.0713. The van der Waals surface area contributed by atoms with Crippen LogP contribution < -0.4 is 25.7 Å². The van der Waals surface area contributed by atoms with E-state index in [4.69, 9.17) is 27.6 Å². The average molecular weight is 864 g/mol. The number of hydrogen-bond acceptors (Lipinski definition) is 12. The predicted molar refractivity (Wildman–Crippen MR) is 211 cm³/mol. The third-order valence-corrected chi connectivity index (χ3v) is 12.3. The Hall–Kier alpha value is -3.57. The zero-order chi connectivity index (χ0) is 43.3. The van der Waals surface area contributed by atoms with Crippen molar-refractivity contribution in [1.82, 2.24) is 19.7 Å². The molecule has 57 heavy (non-hydrogen) atoms. The number of alkyl halides is 2. The predicted octanol–water partition coefficient (Wildman–Crippen LogP) is 6.10. The van der Waals surface area contributed by atoms with Gasteiger partial charge in [-0.3, -0.25) is 19.5 Å². The molecule has 2 unspecified atom stereocenters. The van der Waals surface area contributed by atoms with Gasteiger partial charge in [-0.05, 0) is 96.7 Å². The number of rotatable bonds is 19. The topological polar surface area (TPSA) is 215 Å². The van der Waals surface area contributed by atoms with Gasteiger partial charge in [-0.25, -0.2) is 24.3 Å². The second kappa shape index (κ2) is 18.6. The number of amides is 1. The number of aliphatic carboxylic acids is 1. The molecule has 0 saturated carbocycles. The molecule has 0 bridgehead atoms. The van der Waals surface area contributed by atoms with Crippen LogP contribution >= 0.6 is 7.67 Å². The van der Waals surface area contributed by atoms with Crippen molar-refractivity contribution >= 4 is 48.2 Å². The molecule has 2 aromatic rings. The summed E-state index contributed by atoms with van der Waals surface area (Å²) >= 11 is 0. The van der Waals surface area contributed by atoms with E-state index in [0.29, 0.717) is 10.1 Å². The summed E-state index contributed by atoms with van der Waals surface area (Å²) in [5, 5.41) is 17.4. The second-order valence-electron chi connectivity index (χ2n) is 16.4. The average Bonchev–Trinajstić information content (AvgIpc) is 3.29. The lowest BCUT2D eigenvalue weighted by Gasteiger charge is -2.35. The van der Waals surface area contributed by atoms with Crippen molar-refractivity contribution in [2.75, 3.05) is 11.9 Å². The van der Waals surface area contributed by atoms with E-state index in [1.165, 1.54) is 38.1 Å². The van der Waals surface area contributed by atoms with Crippen LogP contribution in [0, 0.1) is 5.92 Å². The maximum atomic E-state index is 15.8. The fourth-order valence-electron chi connectivity index (χ4n) is 5.16. The third-order valence-electron chi connectivity index (χ3n) is 8.40. The molecule has 0 aliphatic carbocycles. The standard InChI is InChI=1S/C35H56F2N5O12PSi2/c1-21(2)34(6,31(44)45)41-55(48,40-23(5)29(43)51-22(3)4)53-25-15-13-24(14-16-25)19-49-33(47)39-27-17-18-42(32(46)38-27)30-35(36,37)28(54-57(10,11)12)26(52-30)20-50-56(7,8)9/h13-18,21-23,26,28,30H,19-20H2,1-12H3,(H,44,45)(H2,40,41,48)(H,38,39,46,47)/t23-,26+,28+,30+,34?,55?/m0/s1. The summed E-state index contributed by atoms with van der Waals surface area (Å²) in [6.07, 6.45) is -5.29. The smallest absolute Gasteiger partial charge is 0.413 e. The number of carbonyl (C=O) groups excluding carboxylic acids is 2. The van der Waals surface area contributed by atoms with Crippen LogP contribution in [0.15, 0.2) is 41.3 Å². The van der Waals surface area contributed by atoms with Gasteiger partial charge in [0.15, 0.2) is 16.6 Å². The van der Waals surface area contributed by atoms with Crippen molar-refractivity contribution < 1.29 is 60.4 Å². The van der Waals surface area contributed by atoms with Gasteiger partial charge in [-0.1, -0.05) is 26.0 Å². The SMILES string of the molecule is CC(C)OC(=O)[C@H](C)NP(=O)(NC(C)(C(=O)O)C(C)C)Oc1ccc(COC(=O)Nc2ccn([C@@H]3O[C@H](CO[Si](C)(C)C)[C@@H](O[Si](C)(C)C)C3(F)F)c(=O)n2)cc1. The summed E-state index contributed by atoms with van der Waals surface area (Å²) in [5.74, 6) is -6.47. The molecule has 1 saturated heterocycles. The Kier molecular flexibility index (Phi) is 15.6. The molecule has 1 fully saturated rings. The number of nitrogens with one attached hydrogen (secondary N) is 3. The van der Waals surface area contributed by atoms with E-state index >= 15 is 8.78 Å². The van der Waals surface area contributed by atoms with E-state index < -0.39 is 96.0 Å². The highest BCUT2D eigenvalue weighted by molar-refractivity contribution is 7.55. The number of ether oxygens (including phenoxy) is 3. The normalized spacial score (nSPS) is 21.0. The Labute approximate surface area is 333 Å². The number of carboxylic acid groups (broad SMARTS) is 1. The van der Waals surface area contributed by atoms with E-state index in [1.807, 2.05) is 19.6 Å². The number of carboxylic acids is 1. The zero-order valence-corrected chi connectivity index (χ0v) is 37.3. The minimum atomic E-state index is -4.33. The van der Waals surface area contributed by atoms with E-state index in [2.05, 4.69) is 20.5 Å². The number of aromatic nitrogens is 2. The second-order valence-corrected chi connectivity index (χ2v) is 27.1. The molecule has 1 aliphatic heterocycles. The van der Waals surface area contributed by atoms with Gasteiger partial charge in [-0.2, -0.15) is 13.8 Å². The highest BCUT2D eigenvalue weighted by atomic mass is 31.2. The number of nitrogens with zero attached hydrogens (tertiary/aromatic N) is 2. The number of anilines is 1. The molecule has 6 atom stereocenters. The van der Waals surface area contributed by atoms with E-state index in [0.717, 1.165) is 12.3 Å². The van der Waals surface area contributed by atoms with Gasteiger partial charge >= 0.3 is 37.3 Å². The van der Waals surface area contributed by atoms with E-state index in [1.54, 1.807) is 47.3 Å². The number of hydrogen-bond donors (Lipinski definition) is 4. The molecular formula is C35H56F2N5O12PSi2. The maximum absolute atomic E-state index is 15.8. The van der Waals surface area contributed by atoms with Crippen LogP contribution in [0.25, 0.3) is 0 Å². The minimum absolute atomic E-state index is 0.0160. The summed E-state index contributed by atoms with van der Waals surface area (Å²) in [4.78, 5) is 54.1. The van der Waals surface area contributed by atoms with Gasteiger partial charge < -0.3 is 32.7 Å². The Morgan fingerprint density at radius 2 is 1.65 bits per heavy atom. The van der Waals surface area contributed by atoms with Gasteiger partial charge in [-0.15, -0.1) is 0 Å². The van der Waals surface area contributed by atoms with Crippen molar-refractivity contribution in [1.29, 1.82) is 0 Å². The van der Waals surface area contributed by atoms with Crippen LogP contribution in [0.2, 0.25) is 39.3 Å². The van der Waals surface area contributed by atoms with Crippen molar-refractivity contribution in [2.24, 2.45) is 5.92 Å². The number of benzene rings is 1. The van der Waals surface area contributed by atoms with Gasteiger partial charge in [0, 0.05) is 6.20 Å². The molecule has 3 rings (SSSR count). The largest absolute Gasteiger partial charge is 0.480 e. The van der Waals surface area contributed by atoms with Crippen molar-refractivity contribution in [3.63, 3.8) is 0 Å². The summed E-state index contributed by atoms with van der Waals surface area (Å²) in [6, 6.07) is 5.72. The molecule has 4 N–H and O–H groups in total. The monoisotopic (exact) mass is 863 g/mol. The Balaban J connectivity index is 1.70. The molecular weight excluding hydrogens is 808 g/mol. The van der Waals surface area contributed by atoms with Crippen LogP contribution in [0.5, 0.6) is 5.75 Å². The highest BCUT2D eigenvalue weighted by Crippen LogP contribution is 2.46. The van der Waals surface area contributed by atoms with Crippen LogP contribution in [-0.4, -0.2) is 91.7 Å². The molecule has 1 aromatic heterocycles. The van der Waals surface area contributed by atoms with Crippen molar-refractivity contribution in [2.45, 2.75) is 129 Å². The summed E-state index contributed by atoms with van der Waals surface area (Å²) < 4.78 is 80.0. The first-order valence-electron chi connectivity index (χ1n) is 18.3. The summed E-state index contributed by atoms with van der Waals surface area (Å²) in [5.41, 5.74) is -2.42. The lowest BCUT2D eigenvalue weighted by atomic mass is 9.90. The highest BCUT2D eigenvalue weighted by Gasteiger charge is 2.62. The molecule has 22 heteroatoms. The van der Waals surface area contributed by atoms with Gasteiger partial charge in [0.1, 0.15) is 42.0 Å². The molecule has 0 radical (unpaired) electrons. The van der Waals surface area contributed by atoms with Crippen molar-refractivity contribution in [3.05, 3.63) is 52.6 Å². The Morgan fingerprint density at radius 3 is 2.16 bits per heavy atom. The van der Waals surface area contributed by atoms with Crippen LogP contribution in [-0.2, 0) is 43.8 Å². The third kappa shape index (κ3) is 13.5. The molecule has 17 nitrogen and oxygen atoms in total. The zero-order valence-electron chi connectivity index (χ0n) is 34.4. The van der Waals surface area contributed by atoms with E-state index in [-0.39, 0.29) is 24.8 Å². The number of esters is 1. The molecule has 320 valence electrons. The first-order valence-corrected chi connectivity index (χ1v) is 26.8. The molecule has 0 spiro atoms. The lowest BCUT2D eigenvalue weighted by Crippen LogP contribution is -2.55. The molecule has 1 amide bonds. The fraction of sp³-hybridized carbons (Fsp3) is 0.629. The molecule has 2 heterocycles. The van der Waals surface area contributed by atoms with Crippen LogP contribution in [0.3, 0.4) is 0 Å². The number of halogens is 2. The van der Waals surface area contributed by atoms with E-state index in [9.17, 15) is 28.8 Å². The van der Waals surface area contributed by atoms with Gasteiger partial charge in [0.2, 0.25) is 6.23 Å². The van der Waals surface area contributed by atoms with Gasteiger partial charge in [0.25, 0.3) is 0 Å². The molecule has 1 aromatic carbocycles. The van der Waals surface area contributed by atoms with Crippen molar-refractivity contribution in [3.8, 4) is 5.75 Å². The summed E-state index contributed by atoms with van der Waals surface area (Å²) in [6.45, 7) is 19.8.